The molecule has 4 rings (SSSR count). The van der Waals surface area contributed by atoms with Gasteiger partial charge in [-0.15, -0.1) is 0 Å². The first kappa shape index (κ1) is 18.1. The van der Waals surface area contributed by atoms with Crippen LogP contribution in [0.25, 0.3) is 0 Å². The summed E-state index contributed by atoms with van der Waals surface area (Å²) in [7, 11) is 2.17. The molecule has 0 unspecified atom stereocenters. The zero-order valence-corrected chi connectivity index (χ0v) is 15.8. The zero-order chi connectivity index (χ0) is 18.6. The summed E-state index contributed by atoms with van der Waals surface area (Å²) < 4.78 is 0. The number of rotatable bonds is 7. The van der Waals surface area contributed by atoms with E-state index < -0.39 is 0 Å². The van der Waals surface area contributed by atoms with Crippen LogP contribution in [0.2, 0.25) is 0 Å². The number of hydrogen-bond donors (Lipinski definition) is 2. The van der Waals surface area contributed by atoms with Crippen molar-refractivity contribution in [2.75, 3.05) is 20.1 Å². The Labute approximate surface area is 161 Å². The van der Waals surface area contributed by atoms with Gasteiger partial charge in [-0.25, -0.2) is 0 Å². The standard InChI is InChI=1S/C22H28N4O/c1-26-13-11-18(21(26)17-8-5-12-23-14-17)15-24-20(16-6-3-2-4-7-16)22(27)25-19-9-10-19/h2-8,12,14,18-21,24H,9-11,13,15H2,1H3,(H,25,27)/t18-,20+,21-/m0/s1. The van der Waals surface area contributed by atoms with Crippen molar-refractivity contribution in [1.82, 2.24) is 20.5 Å². The molecule has 2 fully saturated rings. The van der Waals surface area contributed by atoms with Crippen LogP contribution in [0.15, 0.2) is 54.9 Å². The number of amides is 1. The smallest absolute Gasteiger partial charge is 0.241 e. The highest BCUT2D eigenvalue weighted by Gasteiger charge is 2.34. The molecular weight excluding hydrogens is 336 g/mol. The first-order chi connectivity index (χ1) is 13.2. The molecule has 3 atom stereocenters. The third-order valence-electron chi connectivity index (χ3n) is 5.70. The van der Waals surface area contributed by atoms with Gasteiger partial charge in [0.1, 0.15) is 6.04 Å². The molecule has 2 aliphatic rings. The predicted octanol–water partition coefficient (Wildman–Crippen LogP) is 2.68. The first-order valence-corrected chi connectivity index (χ1v) is 9.91. The number of carbonyl (C=O) groups excluding carboxylic acids is 1. The van der Waals surface area contributed by atoms with Crippen LogP contribution in [0.4, 0.5) is 0 Å². The lowest BCUT2D eigenvalue weighted by Gasteiger charge is -2.27. The summed E-state index contributed by atoms with van der Waals surface area (Å²) in [6.07, 6.45) is 7.11. The van der Waals surface area contributed by atoms with Crippen molar-refractivity contribution in [2.45, 2.75) is 37.4 Å². The van der Waals surface area contributed by atoms with E-state index in [0.29, 0.717) is 18.0 Å². The van der Waals surface area contributed by atoms with E-state index in [4.69, 9.17) is 0 Å². The second kappa shape index (κ2) is 8.19. The number of nitrogens with one attached hydrogen (secondary N) is 2. The number of hydrogen-bond acceptors (Lipinski definition) is 4. The summed E-state index contributed by atoms with van der Waals surface area (Å²) in [5.74, 6) is 0.548. The van der Waals surface area contributed by atoms with Gasteiger partial charge in [-0.2, -0.15) is 0 Å². The molecule has 2 heterocycles. The predicted molar refractivity (Wildman–Crippen MR) is 106 cm³/mol. The van der Waals surface area contributed by atoms with Crippen LogP contribution in [-0.4, -0.2) is 42.0 Å². The van der Waals surface area contributed by atoms with Crippen molar-refractivity contribution in [2.24, 2.45) is 5.92 Å². The number of benzene rings is 1. The summed E-state index contributed by atoms with van der Waals surface area (Å²) >= 11 is 0. The Morgan fingerprint density at radius 3 is 2.70 bits per heavy atom. The van der Waals surface area contributed by atoms with E-state index in [1.54, 1.807) is 0 Å². The fraction of sp³-hybridized carbons (Fsp3) is 0.455. The minimum absolute atomic E-state index is 0.0907. The molecule has 0 radical (unpaired) electrons. The maximum Gasteiger partial charge on any atom is 0.241 e. The summed E-state index contributed by atoms with van der Waals surface area (Å²) in [4.78, 5) is 19.5. The second-order valence-electron chi connectivity index (χ2n) is 7.80. The van der Waals surface area contributed by atoms with Crippen LogP contribution in [0.3, 0.4) is 0 Å². The SMILES string of the molecule is CN1CC[C@@H](CN[C@@H](C(=O)NC2CC2)c2ccccc2)[C@@H]1c1cccnc1. The summed E-state index contributed by atoms with van der Waals surface area (Å²) in [6.45, 7) is 1.87. The molecule has 1 saturated heterocycles. The number of likely N-dealkylation sites (tertiary alicyclic amines) is 1. The number of aromatic nitrogens is 1. The second-order valence-corrected chi connectivity index (χ2v) is 7.80. The molecule has 2 N–H and O–H groups in total. The van der Waals surface area contributed by atoms with Crippen LogP contribution in [0.1, 0.15) is 42.5 Å². The molecule has 1 aliphatic carbocycles. The topological polar surface area (TPSA) is 57.3 Å². The molecule has 0 spiro atoms. The van der Waals surface area contributed by atoms with Gasteiger partial charge < -0.3 is 10.6 Å². The molecule has 1 amide bonds. The van der Waals surface area contributed by atoms with Crippen molar-refractivity contribution in [1.29, 1.82) is 0 Å². The van der Waals surface area contributed by atoms with E-state index in [2.05, 4.69) is 33.6 Å². The maximum atomic E-state index is 12.8. The fourth-order valence-corrected chi connectivity index (χ4v) is 4.11. The van der Waals surface area contributed by atoms with Crippen molar-refractivity contribution in [3.8, 4) is 0 Å². The molecule has 0 bridgehead atoms. The van der Waals surface area contributed by atoms with E-state index in [-0.39, 0.29) is 11.9 Å². The van der Waals surface area contributed by atoms with Crippen LogP contribution < -0.4 is 10.6 Å². The van der Waals surface area contributed by atoms with Crippen LogP contribution in [0.5, 0.6) is 0 Å². The Balaban J connectivity index is 1.47. The molecule has 1 saturated carbocycles. The molecule has 1 aromatic heterocycles. The highest BCUT2D eigenvalue weighted by atomic mass is 16.2. The van der Waals surface area contributed by atoms with Crippen LogP contribution in [0, 0.1) is 5.92 Å². The minimum atomic E-state index is -0.299. The molecule has 1 aromatic carbocycles. The minimum Gasteiger partial charge on any atom is -0.352 e. The van der Waals surface area contributed by atoms with Crippen molar-refractivity contribution in [3.63, 3.8) is 0 Å². The third kappa shape index (κ3) is 4.37. The molecule has 5 nitrogen and oxygen atoms in total. The summed E-state index contributed by atoms with van der Waals surface area (Å²) in [5, 5.41) is 6.73. The lowest BCUT2D eigenvalue weighted by Crippen LogP contribution is -2.41. The summed E-state index contributed by atoms with van der Waals surface area (Å²) in [5.41, 5.74) is 2.28. The highest BCUT2D eigenvalue weighted by molar-refractivity contribution is 5.83. The van der Waals surface area contributed by atoms with E-state index in [0.717, 1.165) is 37.9 Å². The van der Waals surface area contributed by atoms with Gasteiger partial charge in [-0.1, -0.05) is 36.4 Å². The molecule has 27 heavy (non-hydrogen) atoms. The van der Waals surface area contributed by atoms with Crippen molar-refractivity contribution in [3.05, 3.63) is 66.0 Å². The lowest BCUT2D eigenvalue weighted by atomic mass is 9.94. The van der Waals surface area contributed by atoms with E-state index >= 15 is 0 Å². The van der Waals surface area contributed by atoms with Gasteiger partial charge in [-0.05, 0) is 56.0 Å². The molecule has 142 valence electrons. The van der Waals surface area contributed by atoms with Gasteiger partial charge in [0.25, 0.3) is 0 Å². The van der Waals surface area contributed by atoms with E-state index in [1.165, 1.54) is 5.56 Å². The largest absolute Gasteiger partial charge is 0.352 e. The number of nitrogens with zero attached hydrogens (tertiary/aromatic N) is 2. The third-order valence-corrected chi connectivity index (χ3v) is 5.70. The van der Waals surface area contributed by atoms with Gasteiger partial charge in [0, 0.05) is 31.0 Å². The molecule has 2 aromatic rings. The molecule has 5 heteroatoms. The fourth-order valence-electron chi connectivity index (χ4n) is 4.11. The van der Waals surface area contributed by atoms with Crippen molar-refractivity contribution < 1.29 is 4.79 Å². The Morgan fingerprint density at radius 2 is 2.00 bits per heavy atom. The summed E-state index contributed by atoms with van der Waals surface area (Å²) in [6, 6.07) is 14.6. The average Bonchev–Trinajstić information content (AvgIpc) is 3.44. The maximum absolute atomic E-state index is 12.8. The number of pyridine rings is 1. The van der Waals surface area contributed by atoms with Gasteiger partial charge in [0.05, 0.1) is 0 Å². The highest BCUT2D eigenvalue weighted by Crippen LogP contribution is 2.35. The monoisotopic (exact) mass is 364 g/mol. The lowest BCUT2D eigenvalue weighted by molar-refractivity contribution is -0.123. The van der Waals surface area contributed by atoms with Crippen LogP contribution in [-0.2, 0) is 4.79 Å². The Hall–Kier alpha value is -2.24. The molecule has 1 aliphatic heterocycles. The van der Waals surface area contributed by atoms with Gasteiger partial charge >= 0.3 is 0 Å². The number of carbonyl (C=O) groups is 1. The van der Waals surface area contributed by atoms with Crippen LogP contribution >= 0.6 is 0 Å². The van der Waals surface area contributed by atoms with Gasteiger partial charge in [0.2, 0.25) is 5.91 Å². The Morgan fingerprint density at radius 1 is 1.19 bits per heavy atom. The van der Waals surface area contributed by atoms with Gasteiger partial charge in [0.15, 0.2) is 0 Å². The normalized spacial score (nSPS) is 23.9. The van der Waals surface area contributed by atoms with E-state index in [1.807, 2.05) is 48.8 Å². The van der Waals surface area contributed by atoms with E-state index in [9.17, 15) is 4.79 Å². The van der Waals surface area contributed by atoms with Gasteiger partial charge in [-0.3, -0.25) is 14.7 Å². The molecular formula is C22H28N4O. The Bertz CT molecular complexity index is 747. The average molecular weight is 364 g/mol. The Kier molecular flexibility index (Phi) is 5.50. The quantitative estimate of drug-likeness (QED) is 0.793. The first-order valence-electron chi connectivity index (χ1n) is 9.91. The zero-order valence-electron chi connectivity index (χ0n) is 15.8. The van der Waals surface area contributed by atoms with Crippen molar-refractivity contribution >= 4 is 5.91 Å².